The molecule has 1 aromatic heterocycles. The molecule has 1 amide bonds. The topological polar surface area (TPSA) is 61.4 Å². The second kappa shape index (κ2) is 8.23. The van der Waals surface area contributed by atoms with E-state index in [9.17, 15) is 9.18 Å². The zero-order valence-corrected chi connectivity index (χ0v) is 17.4. The molecule has 0 radical (unpaired) electrons. The molecule has 2 aromatic carbocycles. The first-order valence-electron chi connectivity index (χ1n) is 10.9. The van der Waals surface area contributed by atoms with Crippen LogP contribution in [0.25, 0.3) is 10.9 Å². The van der Waals surface area contributed by atoms with Crippen molar-refractivity contribution in [3.8, 4) is 0 Å². The molecule has 3 heterocycles. The van der Waals surface area contributed by atoms with Gasteiger partial charge in [-0.3, -0.25) is 4.79 Å². The molecular formula is C24H26FN5O. The molecule has 160 valence electrons. The SMILES string of the molecule is O=C(N1CCN(c2ncnc3ccccc23)CC1)C1(c2ccc(F)cc2)CCNCC1. The van der Waals surface area contributed by atoms with Crippen molar-refractivity contribution in [2.45, 2.75) is 18.3 Å². The molecule has 0 atom stereocenters. The maximum absolute atomic E-state index is 13.8. The zero-order valence-electron chi connectivity index (χ0n) is 17.4. The Labute approximate surface area is 181 Å². The van der Waals surface area contributed by atoms with E-state index in [0.717, 1.165) is 61.3 Å². The lowest BCUT2D eigenvalue weighted by molar-refractivity contribution is -0.139. The summed E-state index contributed by atoms with van der Waals surface area (Å²) in [6.45, 7) is 4.32. The van der Waals surface area contributed by atoms with E-state index in [1.54, 1.807) is 18.5 Å². The van der Waals surface area contributed by atoms with Gasteiger partial charge in [-0.25, -0.2) is 14.4 Å². The summed E-state index contributed by atoms with van der Waals surface area (Å²) in [6, 6.07) is 14.5. The third kappa shape index (κ3) is 3.63. The van der Waals surface area contributed by atoms with Gasteiger partial charge in [-0.15, -0.1) is 0 Å². The van der Waals surface area contributed by atoms with E-state index in [1.165, 1.54) is 12.1 Å². The molecule has 2 saturated heterocycles. The second-order valence-electron chi connectivity index (χ2n) is 8.33. The molecule has 1 N–H and O–H groups in total. The largest absolute Gasteiger partial charge is 0.352 e. The Bertz CT molecular complexity index is 1070. The average molecular weight is 420 g/mol. The van der Waals surface area contributed by atoms with Gasteiger partial charge in [0.15, 0.2) is 0 Å². The fraction of sp³-hybridized carbons (Fsp3) is 0.375. The van der Waals surface area contributed by atoms with E-state index in [1.807, 2.05) is 29.2 Å². The van der Waals surface area contributed by atoms with Crippen LogP contribution in [-0.2, 0) is 10.2 Å². The van der Waals surface area contributed by atoms with Crippen LogP contribution in [0.4, 0.5) is 10.2 Å². The minimum atomic E-state index is -0.581. The number of carbonyl (C=O) groups is 1. The van der Waals surface area contributed by atoms with Gasteiger partial charge >= 0.3 is 0 Å². The highest BCUT2D eigenvalue weighted by atomic mass is 19.1. The number of hydrogen-bond acceptors (Lipinski definition) is 5. The number of hydrogen-bond donors (Lipinski definition) is 1. The zero-order chi connectivity index (χ0) is 21.3. The number of nitrogens with zero attached hydrogens (tertiary/aromatic N) is 4. The first-order valence-corrected chi connectivity index (χ1v) is 10.9. The smallest absolute Gasteiger partial charge is 0.233 e. The number of piperazine rings is 1. The fourth-order valence-corrected chi connectivity index (χ4v) is 4.92. The van der Waals surface area contributed by atoms with Crippen LogP contribution in [0.1, 0.15) is 18.4 Å². The number of anilines is 1. The Balaban J connectivity index is 1.36. The van der Waals surface area contributed by atoms with Crippen molar-refractivity contribution in [1.82, 2.24) is 20.2 Å². The summed E-state index contributed by atoms with van der Waals surface area (Å²) in [4.78, 5) is 26.9. The van der Waals surface area contributed by atoms with Gasteiger partial charge in [0.1, 0.15) is 18.0 Å². The van der Waals surface area contributed by atoms with Crippen LogP contribution in [0.15, 0.2) is 54.9 Å². The molecule has 31 heavy (non-hydrogen) atoms. The van der Waals surface area contributed by atoms with Gasteiger partial charge in [0.05, 0.1) is 10.9 Å². The van der Waals surface area contributed by atoms with Crippen LogP contribution >= 0.6 is 0 Å². The van der Waals surface area contributed by atoms with Gasteiger partial charge in [0.2, 0.25) is 5.91 Å². The number of halogens is 1. The lowest BCUT2D eigenvalue weighted by Crippen LogP contribution is -2.57. The monoisotopic (exact) mass is 419 g/mol. The van der Waals surface area contributed by atoms with Crippen molar-refractivity contribution in [3.05, 3.63) is 66.2 Å². The average Bonchev–Trinajstić information content (AvgIpc) is 2.84. The molecule has 2 aliphatic heterocycles. The predicted octanol–water partition coefficient (Wildman–Crippen LogP) is 2.74. The summed E-state index contributed by atoms with van der Waals surface area (Å²) in [7, 11) is 0. The lowest BCUT2D eigenvalue weighted by atomic mass is 9.72. The fourth-order valence-electron chi connectivity index (χ4n) is 4.92. The van der Waals surface area contributed by atoms with Crippen molar-refractivity contribution in [2.75, 3.05) is 44.2 Å². The van der Waals surface area contributed by atoms with E-state index >= 15 is 0 Å². The number of rotatable bonds is 3. The highest BCUT2D eigenvalue weighted by Crippen LogP contribution is 2.36. The van der Waals surface area contributed by atoms with Gasteiger partial charge in [0, 0.05) is 31.6 Å². The van der Waals surface area contributed by atoms with Crippen LogP contribution in [0, 0.1) is 5.82 Å². The number of amides is 1. The number of carbonyl (C=O) groups excluding carboxylic acids is 1. The minimum Gasteiger partial charge on any atom is -0.352 e. The highest BCUT2D eigenvalue weighted by molar-refractivity contribution is 5.90. The third-order valence-corrected chi connectivity index (χ3v) is 6.65. The summed E-state index contributed by atoms with van der Waals surface area (Å²) in [5.41, 5.74) is 1.27. The van der Waals surface area contributed by atoms with Crippen molar-refractivity contribution in [3.63, 3.8) is 0 Å². The number of fused-ring (bicyclic) bond motifs is 1. The van der Waals surface area contributed by atoms with E-state index < -0.39 is 5.41 Å². The van der Waals surface area contributed by atoms with Crippen LogP contribution in [0.2, 0.25) is 0 Å². The molecule has 2 fully saturated rings. The van der Waals surface area contributed by atoms with E-state index in [2.05, 4.69) is 20.2 Å². The maximum atomic E-state index is 13.8. The Kier molecular flexibility index (Phi) is 5.28. The summed E-state index contributed by atoms with van der Waals surface area (Å²) >= 11 is 0. The predicted molar refractivity (Wildman–Crippen MR) is 119 cm³/mol. The number of para-hydroxylation sites is 1. The van der Waals surface area contributed by atoms with Crippen LogP contribution < -0.4 is 10.2 Å². The molecule has 5 rings (SSSR count). The maximum Gasteiger partial charge on any atom is 0.233 e. The molecule has 0 bridgehead atoms. The molecule has 0 saturated carbocycles. The van der Waals surface area contributed by atoms with Crippen molar-refractivity contribution in [2.24, 2.45) is 0 Å². The Hall–Kier alpha value is -3.06. The normalized spacial score (nSPS) is 18.9. The van der Waals surface area contributed by atoms with Crippen LogP contribution in [0.3, 0.4) is 0 Å². The van der Waals surface area contributed by atoms with E-state index in [0.29, 0.717) is 13.1 Å². The van der Waals surface area contributed by atoms with Gasteiger partial charge < -0.3 is 15.1 Å². The minimum absolute atomic E-state index is 0.160. The first kappa shape index (κ1) is 19.9. The van der Waals surface area contributed by atoms with E-state index in [-0.39, 0.29) is 11.7 Å². The summed E-state index contributed by atoms with van der Waals surface area (Å²) in [6.07, 6.45) is 3.07. The van der Waals surface area contributed by atoms with Crippen LogP contribution in [0.5, 0.6) is 0 Å². The summed E-state index contributed by atoms with van der Waals surface area (Å²) in [5.74, 6) is 0.812. The highest BCUT2D eigenvalue weighted by Gasteiger charge is 2.44. The molecule has 0 unspecified atom stereocenters. The van der Waals surface area contributed by atoms with Gasteiger partial charge in [-0.2, -0.15) is 0 Å². The summed E-state index contributed by atoms with van der Waals surface area (Å²) in [5, 5.41) is 4.39. The number of benzene rings is 2. The Morgan fingerprint density at radius 3 is 2.39 bits per heavy atom. The third-order valence-electron chi connectivity index (χ3n) is 6.65. The number of piperidine rings is 1. The number of aromatic nitrogens is 2. The van der Waals surface area contributed by atoms with E-state index in [4.69, 9.17) is 0 Å². The van der Waals surface area contributed by atoms with Crippen molar-refractivity contribution in [1.29, 1.82) is 0 Å². The van der Waals surface area contributed by atoms with Crippen molar-refractivity contribution < 1.29 is 9.18 Å². The van der Waals surface area contributed by atoms with Gasteiger partial charge in [-0.05, 0) is 55.8 Å². The molecule has 6 nitrogen and oxygen atoms in total. The first-order chi connectivity index (χ1) is 15.2. The molecule has 0 spiro atoms. The number of nitrogens with one attached hydrogen (secondary N) is 1. The molecular weight excluding hydrogens is 393 g/mol. The summed E-state index contributed by atoms with van der Waals surface area (Å²) < 4.78 is 13.5. The van der Waals surface area contributed by atoms with Gasteiger partial charge in [0.25, 0.3) is 0 Å². The van der Waals surface area contributed by atoms with Gasteiger partial charge in [-0.1, -0.05) is 24.3 Å². The van der Waals surface area contributed by atoms with Crippen molar-refractivity contribution >= 4 is 22.6 Å². The quantitative estimate of drug-likeness (QED) is 0.707. The second-order valence-corrected chi connectivity index (χ2v) is 8.33. The molecule has 0 aliphatic carbocycles. The molecule has 3 aromatic rings. The molecule has 7 heteroatoms. The van der Waals surface area contributed by atoms with Crippen LogP contribution in [-0.4, -0.2) is 60.0 Å². The standard InChI is InChI=1S/C24H26FN5O/c25-19-7-5-18(6-8-19)24(9-11-26-12-10-24)23(31)30-15-13-29(14-16-30)22-20-3-1-2-4-21(20)27-17-28-22/h1-8,17,26H,9-16H2. The Morgan fingerprint density at radius 2 is 1.65 bits per heavy atom. The Morgan fingerprint density at radius 1 is 0.935 bits per heavy atom. The molecule has 2 aliphatic rings. The lowest BCUT2D eigenvalue weighted by Gasteiger charge is -2.43.